The van der Waals surface area contributed by atoms with Crippen molar-refractivity contribution in [1.82, 2.24) is 4.90 Å². The second kappa shape index (κ2) is 7.52. The molecule has 0 aromatic heterocycles. The van der Waals surface area contributed by atoms with Crippen LogP contribution in [0.25, 0.3) is 0 Å². The first kappa shape index (κ1) is 15.3. The number of nitriles is 1. The number of rotatable bonds is 6. The molecule has 0 atom stereocenters. The van der Waals surface area contributed by atoms with Gasteiger partial charge in [-0.05, 0) is 13.3 Å². The highest BCUT2D eigenvalue weighted by atomic mass is 35.5. The molecule has 0 bridgehead atoms. The van der Waals surface area contributed by atoms with E-state index >= 15 is 0 Å². The van der Waals surface area contributed by atoms with Crippen molar-refractivity contribution in [3.63, 3.8) is 0 Å². The first-order valence-corrected chi connectivity index (χ1v) is 5.41. The zero-order chi connectivity index (χ0) is 13.4. The monoisotopic (exact) mass is 256 g/mol. The van der Waals surface area contributed by atoms with Gasteiger partial charge >= 0.3 is 0 Å². The Kier molecular flexibility index (Phi) is 6.75. The Morgan fingerprint density at radius 3 is 2.53 bits per heavy atom. The Labute approximate surface area is 106 Å². The minimum absolute atomic E-state index is 0.0657. The molecule has 94 valence electrons. The summed E-state index contributed by atoms with van der Waals surface area (Å²) in [5, 5.41) is 15.4. The van der Waals surface area contributed by atoms with Gasteiger partial charge in [0.15, 0.2) is 5.82 Å². The predicted molar refractivity (Wildman–Crippen MR) is 69.6 cm³/mol. The highest BCUT2D eigenvalue weighted by Gasteiger charge is 2.11. The smallest absolute Gasteiger partial charge is 0.156 e. The third-order valence-electron chi connectivity index (χ3n) is 1.90. The van der Waals surface area contributed by atoms with Crippen LogP contribution in [-0.2, 0) is 0 Å². The summed E-state index contributed by atoms with van der Waals surface area (Å²) in [6.07, 6.45) is 1.12. The number of aliphatic imine (C=N–C) groups is 1. The molecule has 0 heterocycles. The molecule has 0 aliphatic rings. The second-order valence-corrected chi connectivity index (χ2v) is 3.87. The molecular weight excluding hydrogens is 240 g/mol. The van der Waals surface area contributed by atoms with Crippen molar-refractivity contribution in [2.75, 3.05) is 13.6 Å². The number of nitrogens with zero attached hydrogens (tertiary/aromatic N) is 3. The van der Waals surface area contributed by atoms with E-state index in [2.05, 4.69) is 11.1 Å². The molecule has 5 N–H and O–H groups in total. The quantitative estimate of drug-likeness (QED) is 0.373. The lowest BCUT2D eigenvalue weighted by Gasteiger charge is -2.20. The lowest BCUT2D eigenvalue weighted by atomic mass is 10.3. The molecule has 0 spiro atoms. The van der Waals surface area contributed by atoms with E-state index in [1.807, 2.05) is 0 Å². The third kappa shape index (κ3) is 5.78. The molecule has 0 amide bonds. The Balaban J connectivity index is 4.95. The normalized spacial score (nSPS) is 12.7. The summed E-state index contributed by atoms with van der Waals surface area (Å²) in [6.45, 7) is 2.21. The fraction of sp³-hybridized carbons (Fsp3) is 0.500. The number of nitrogens with two attached hydrogens (primary N) is 2. The number of hydrogen-bond donors (Lipinski definition) is 3. The van der Waals surface area contributed by atoms with Gasteiger partial charge in [0.2, 0.25) is 0 Å². The van der Waals surface area contributed by atoms with Crippen molar-refractivity contribution in [3.8, 4) is 6.07 Å². The average Bonchev–Trinajstić information content (AvgIpc) is 2.24. The van der Waals surface area contributed by atoms with Crippen LogP contribution in [0.3, 0.4) is 0 Å². The van der Waals surface area contributed by atoms with E-state index in [1.165, 1.54) is 0 Å². The SMILES string of the molecule is CC(N)=N/C(=C(/N)C(=N)Cl)N(C)CCCC#N. The summed E-state index contributed by atoms with van der Waals surface area (Å²) >= 11 is 5.52. The Hall–Kier alpha value is -1.74. The van der Waals surface area contributed by atoms with Crippen molar-refractivity contribution in [2.45, 2.75) is 19.8 Å². The van der Waals surface area contributed by atoms with Gasteiger partial charge in [-0.15, -0.1) is 0 Å². The summed E-state index contributed by atoms with van der Waals surface area (Å²) in [7, 11) is 1.76. The fourth-order valence-electron chi connectivity index (χ4n) is 1.12. The van der Waals surface area contributed by atoms with Gasteiger partial charge in [0.05, 0.1) is 11.9 Å². The van der Waals surface area contributed by atoms with Gasteiger partial charge in [0.1, 0.15) is 10.9 Å². The number of hydrogen-bond acceptors (Lipinski definition) is 5. The van der Waals surface area contributed by atoms with Crippen LogP contribution in [-0.4, -0.2) is 29.5 Å². The lowest BCUT2D eigenvalue weighted by Crippen LogP contribution is -2.25. The van der Waals surface area contributed by atoms with Crippen LogP contribution in [0.2, 0.25) is 0 Å². The molecule has 0 saturated carbocycles. The van der Waals surface area contributed by atoms with Gasteiger partial charge in [0.25, 0.3) is 0 Å². The molecule has 0 aliphatic carbocycles. The van der Waals surface area contributed by atoms with Crippen LogP contribution in [0.1, 0.15) is 19.8 Å². The van der Waals surface area contributed by atoms with Gasteiger partial charge in [-0.3, -0.25) is 5.41 Å². The Morgan fingerprint density at radius 1 is 1.53 bits per heavy atom. The third-order valence-corrected chi connectivity index (χ3v) is 2.11. The fourth-order valence-corrected chi connectivity index (χ4v) is 1.20. The maximum Gasteiger partial charge on any atom is 0.156 e. The number of halogens is 1. The Bertz CT molecular complexity index is 375. The molecular formula is C10H17ClN6. The molecule has 7 heteroatoms. The van der Waals surface area contributed by atoms with E-state index in [-0.39, 0.29) is 10.9 Å². The van der Waals surface area contributed by atoms with Crippen molar-refractivity contribution in [3.05, 3.63) is 11.5 Å². The molecule has 0 radical (unpaired) electrons. The molecule has 0 rings (SSSR count). The molecule has 6 nitrogen and oxygen atoms in total. The highest BCUT2D eigenvalue weighted by Crippen LogP contribution is 2.10. The second-order valence-electron chi connectivity index (χ2n) is 3.49. The average molecular weight is 257 g/mol. The minimum atomic E-state index is -0.280. The summed E-state index contributed by atoms with van der Waals surface area (Å²) in [4.78, 5) is 5.77. The van der Waals surface area contributed by atoms with Crippen LogP contribution in [0.4, 0.5) is 0 Å². The minimum Gasteiger partial charge on any atom is -0.393 e. The summed E-state index contributed by atoms with van der Waals surface area (Å²) in [5.41, 5.74) is 11.2. The lowest BCUT2D eigenvalue weighted by molar-refractivity contribution is 0.404. The van der Waals surface area contributed by atoms with Gasteiger partial charge in [0, 0.05) is 20.0 Å². The maximum absolute atomic E-state index is 8.45. The van der Waals surface area contributed by atoms with E-state index in [4.69, 9.17) is 33.7 Å². The topological polar surface area (TPSA) is 115 Å². The maximum atomic E-state index is 8.45. The molecule has 0 fully saturated rings. The number of allylic oxidation sites excluding steroid dienone is 1. The highest BCUT2D eigenvalue weighted by molar-refractivity contribution is 6.68. The molecule has 0 saturated heterocycles. The molecule has 0 aliphatic heterocycles. The van der Waals surface area contributed by atoms with Crippen molar-refractivity contribution in [1.29, 1.82) is 10.7 Å². The van der Waals surface area contributed by atoms with Crippen LogP contribution in [0.5, 0.6) is 0 Å². The van der Waals surface area contributed by atoms with Gasteiger partial charge in [-0.25, -0.2) is 4.99 Å². The zero-order valence-electron chi connectivity index (χ0n) is 10.00. The van der Waals surface area contributed by atoms with E-state index in [0.717, 1.165) is 0 Å². The van der Waals surface area contributed by atoms with Crippen molar-refractivity contribution < 1.29 is 0 Å². The van der Waals surface area contributed by atoms with Crippen LogP contribution >= 0.6 is 11.6 Å². The summed E-state index contributed by atoms with van der Waals surface area (Å²) < 4.78 is 0. The number of amidine groups is 1. The first-order valence-electron chi connectivity index (χ1n) is 5.03. The van der Waals surface area contributed by atoms with E-state index in [0.29, 0.717) is 31.0 Å². The zero-order valence-corrected chi connectivity index (χ0v) is 10.8. The molecule has 0 aromatic rings. The summed E-state index contributed by atoms with van der Waals surface area (Å²) in [6, 6.07) is 2.05. The summed E-state index contributed by atoms with van der Waals surface area (Å²) in [5.74, 6) is 0.677. The van der Waals surface area contributed by atoms with E-state index in [1.54, 1.807) is 18.9 Å². The van der Waals surface area contributed by atoms with Crippen LogP contribution < -0.4 is 11.5 Å². The van der Waals surface area contributed by atoms with Gasteiger partial charge < -0.3 is 16.4 Å². The Morgan fingerprint density at radius 2 is 2.12 bits per heavy atom. The van der Waals surface area contributed by atoms with Gasteiger partial charge in [-0.2, -0.15) is 5.26 Å². The van der Waals surface area contributed by atoms with E-state index in [9.17, 15) is 0 Å². The van der Waals surface area contributed by atoms with Crippen molar-refractivity contribution in [2.24, 2.45) is 16.5 Å². The standard InChI is InChI=1S/C10H17ClN6/c1-7(13)16-10(8(14)9(11)15)17(2)6-4-3-5-12/h15H,3-4,6,14H2,1-2H3,(H2,13,16)/b10-8-,15-9?. The first-order chi connectivity index (χ1) is 7.90. The van der Waals surface area contributed by atoms with Crippen LogP contribution in [0, 0.1) is 16.7 Å². The molecule has 17 heavy (non-hydrogen) atoms. The van der Waals surface area contributed by atoms with E-state index < -0.39 is 0 Å². The molecule has 0 aromatic carbocycles. The number of unbranched alkanes of at least 4 members (excludes halogenated alkanes) is 1. The number of nitrogens with one attached hydrogen (secondary N) is 1. The van der Waals surface area contributed by atoms with Crippen molar-refractivity contribution >= 4 is 22.6 Å². The van der Waals surface area contributed by atoms with Crippen LogP contribution in [0.15, 0.2) is 16.5 Å². The predicted octanol–water partition coefficient (Wildman–Crippen LogP) is 0.943. The molecule has 0 unspecified atom stereocenters. The largest absolute Gasteiger partial charge is 0.393 e. The van der Waals surface area contributed by atoms with Gasteiger partial charge in [-0.1, -0.05) is 11.6 Å².